The Labute approximate surface area is 126 Å². The summed E-state index contributed by atoms with van der Waals surface area (Å²) in [5.41, 5.74) is 6.35. The number of hydrogen-bond acceptors (Lipinski definition) is 5. The van der Waals surface area contributed by atoms with Crippen LogP contribution in [0.3, 0.4) is 0 Å². The van der Waals surface area contributed by atoms with Gasteiger partial charge in [0.1, 0.15) is 11.4 Å². The van der Waals surface area contributed by atoms with E-state index >= 15 is 0 Å². The molecule has 1 aliphatic carbocycles. The van der Waals surface area contributed by atoms with Gasteiger partial charge in [0, 0.05) is 12.7 Å². The second-order valence-electron chi connectivity index (χ2n) is 5.75. The van der Waals surface area contributed by atoms with Crippen molar-refractivity contribution in [1.29, 1.82) is 0 Å². The molecule has 0 aromatic carbocycles. The fourth-order valence-electron chi connectivity index (χ4n) is 3.07. The van der Waals surface area contributed by atoms with Crippen molar-refractivity contribution in [2.75, 3.05) is 18.5 Å². The summed E-state index contributed by atoms with van der Waals surface area (Å²) in [4.78, 5) is 16.4. The Kier molecular flexibility index (Phi) is 5.17. The average Bonchev–Trinajstić information content (AvgIpc) is 2.50. The van der Waals surface area contributed by atoms with Gasteiger partial charge >= 0.3 is 5.97 Å². The molecule has 1 fully saturated rings. The van der Waals surface area contributed by atoms with Gasteiger partial charge in [-0.2, -0.15) is 0 Å². The maximum atomic E-state index is 12.0. The van der Waals surface area contributed by atoms with Gasteiger partial charge in [-0.1, -0.05) is 19.8 Å². The summed E-state index contributed by atoms with van der Waals surface area (Å²) in [7, 11) is 0. The molecule has 3 N–H and O–H groups in total. The Morgan fingerprint density at radius 2 is 2.38 bits per heavy atom. The van der Waals surface area contributed by atoms with E-state index in [4.69, 9.17) is 10.5 Å². The lowest BCUT2D eigenvalue weighted by Gasteiger charge is -2.43. The van der Waals surface area contributed by atoms with Crippen molar-refractivity contribution in [3.05, 3.63) is 23.9 Å². The van der Waals surface area contributed by atoms with E-state index in [9.17, 15) is 4.79 Å². The molecule has 2 rings (SSSR count). The predicted molar refractivity (Wildman–Crippen MR) is 83.2 cm³/mol. The van der Waals surface area contributed by atoms with Crippen LogP contribution in [-0.4, -0.2) is 29.6 Å². The highest BCUT2D eigenvalue weighted by molar-refractivity contribution is 5.94. The number of pyridine rings is 1. The number of anilines is 1. The Morgan fingerprint density at radius 3 is 3.05 bits per heavy atom. The summed E-state index contributed by atoms with van der Waals surface area (Å²) in [6.07, 6.45) is 6.21. The molecule has 1 heterocycles. The van der Waals surface area contributed by atoms with Gasteiger partial charge in [-0.15, -0.1) is 0 Å². The van der Waals surface area contributed by atoms with Gasteiger partial charge in [0.05, 0.1) is 12.1 Å². The number of nitrogens with one attached hydrogen (secondary N) is 1. The molecule has 116 valence electrons. The number of rotatable bonds is 5. The first-order valence-electron chi connectivity index (χ1n) is 7.73. The Morgan fingerprint density at radius 1 is 1.57 bits per heavy atom. The zero-order chi connectivity index (χ0) is 15.3. The molecule has 21 heavy (non-hydrogen) atoms. The minimum Gasteiger partial charge on any atom is -0.462 e. The molecule has 0 aliphatic heterocycles. The van der Waals surface area contributed by atoms with E-state index in [1.807, 2.05) is 0 Å². The van der Waals surface area contributed by atoms with E-state index in [1.54, 1.807) is 25.3 Å². The van der Waals surface area contributed by atoms with E-state index in [1.165, 1.54) is 6.42 Å². The van der Waals surface area contributed by atoms with E-state index in [-0.39, 0.29) is 11.5 Å². The molecule has 1 aromatic rings. The first kappa shape index (κ1) is 15.8. The monoisotopic (exact) mass is 291 g/mol. The number of nitrogens with two attached hydrogens (primary N) is 1. The van der Waals surface area contributed by atoms with Crippen molar-refractivity contribution in [3.63, 3.8) is 0 Å². The van der Waals surface area contributed by atoms with Crippen molar-refractivity contribution in [2.45, 2.75) is 45.1 Å². The summed E-state index contributed by atoms with van der Waals surface area (Å²) in [6.45, 7) is 4.90. The third kappa shape index (κ3) is 3.35. The van der Waals surface area contributed by atoms with E-state index in [0.717, 1.165) is 19.3 Å². The van der Waals surface area contributed by atoms with Gasteiger partial charge in [-0.05, 0) is 37.8 Å². The number of carbonyl (C=O) groups is 1. The van der Waals surface area contributed by atoms with E-state index < -0.39 is 0 Å². The third-order valence-corrected chi connectivity index (χ3v) is 4.49. The molecule has 0 radical (unpaired) electrons. The first-order chi connectivity index (χ1) is 10.1. The number of aromatic nitrogens is 1. The van der Waals surface area contributed by atoms with Crippen LogP contribution in [0, 0.1) is 5.92 Å². The number of hydrogen-bond donors (Lipinski definition) is 2. The van der Waals surface area contributed by atoms with Crippen LogP contribution in [0.1, 0.15) is 49.9 Å². The topological polar surface area (TPSA) is 77.2 Å². The second kappa shape index (κ2) is 6.89. The lowest BCUT2D eigenvalue weighted by molar-refractivity contribution is 0.0526. The highest BCUT2D eigenvalue weighted by Gasteiger charge is 2.38. The normalized spacial score (nSPS) is 25.4. The molecule has 2 atom stereocenters. The Balaban J connectivity index is 2.27. The number of carbonyl (C=O) groups excluding carboxylic acids is 1. The average molecular weight is 291 g/mol. The zero-order valence-corrected chi connectivity index (χ0v) is 12.9. The van der Waals surface area contributed by atoms with Gasteiger partial charge in [0.25, 0.3) is 0 Å². The molecule has 5 nitrogen and oxygen atoms in total. The lowest BCUT2D eigenvalue weighted by atomic mass is 9.73. The van der Waals surface area contributed by atoms with Crippen LogP contribution in [0.2, 0.25) is 0 Å². The second-order valence-corrected chi connectivity index (χ2v) is 5.75. The van der Waals surface area contributed by atoms with Gasteiger partial charge in [0.2, 0.25) is 0 Å². The lowest BCUT2D eigenvalue weighted by Crippen LogP contribution is -2.52. The van der Waals surface area contributed by atoms with Crippen molar-refractivity contribution in [3.8, 4) is 0 Å². The Hall–Kier alpha value is -1.62. The van der Waals surface area contributed by atoms with Crippen LogP contribution in [0.5, 0.6) is 0 Å². The summed E-state index contributed by atoms with van der Waals surface area (Å²) >= 11 is 0. The quantitative estimate of drug-likeness (QED) is 0.815. The molecule has 0 bridgehead atoms. The maximum absolute atomic E-state index is 12.0. The van der Waals surface area contributed by atoms with Crippen molar-refractivity contribution >= 4 is 11.8 Å². The molecular weight excluding hydrogens is 266 g/mol. The largest absolute Gasteiger partial charge is 0.462 e. The predicted octanol–water partition coefficient (Wildman–Crippen LogP) is 2.58. The summed E-state index contributed by atoms with van der Waals surface area (Å²) in [6, 6.07) is 3.49. The fourth-order valence-corrected chi connectivity index (χ4v) is 3.07. The van der Waals surface area contributed by atoms with Gasteiger partial charge in [0.15, 0.2) is 0 Å². The van der Waals surface area contributed by atoms with Crippen LogP contribution in [0.15, 0.2) is 18.3 Å². The van der Waals surface area contributed by atoms with Crippen LogP contribution in [-0.2, 0) is 4.74 Å². The molecule has 1 aromatic heterocycles. The molecule has 1 saturated carbocycles. The highest BCUT2D eigenvalue weighted by atomic mass is 16.5. The number of esters is 1. The van der Waals surface area contributed by atoms with Crippen molar-refractivity contribution in [1.82, 2.24) is 4.98 Å². The Bertz CT molecular complexity index is 492. The third-order valence-electron chi connectivity index (χ3n) is 4.49. The van der Waals surface area contributed by atoms with Crippen molar-refractivity contribution in [2.24, 2.45) is 11.7 Å². The van der Waals surface area contributed by atoms with E-state index in [0.29, 0.717) is 30.5 Å². The highest BCUT2D eigenvalue weighted by Crippen LogP contribution is 2.36. The smallest absolute Gasteiger partial charge is 0.341 e. The number of ether oxygens (including phenoxy) is 1. The van der Waals surface area contributed by atoms with Crippen LogP contribution < -0.4 is 11.1 Å². The van der Waals surface area contributed by atoms with Crippen LogP contribution in [0.25, 0.3) is 0 Å². The van der Waals surface area contributed by atoms with Crippen LogP contribution in [0.4, 0.5) is 5.82 Å². The van der Waals surface area contributed by atoms with Crippen molar-refractivity contribution < 1.29 is 9.53 Å². The van der Waals surface area contributed by atoms with E-state index in [2.05, 4.69) is 17.2 Å². The molecular formula is C16H25N3O2. The number of nitrogens with zero attached hydrogens (tertiary/aromatic N) is 1. The first-order valence-corrected chi connectivity index (χ1v) is 7.73. The van der Waals surface area contributed by atoms with Gasteiger partial charge in [-0.3, -0.25) is 0 Å². The summed E-state index contributed by atoms with van der Waals surface area (Å²) < 4.78 is 5.10. The molecule has 0 saturated heterocycles. The van der Waals surface area contributed by atoms with Gasteiger partial charge in [-0.25, -0.2) is 9.78 Å². The molecule has 0 spiro atoms. The van der Waals surface area contributed by atoms with Gasteiger partial charge < -0.3 is 15.8 Å². The maximum Gasteiger partial charge on any atom is 0.341 e. The molecule has 2 unspecified atom stereocenters. The zero-order valence-electron chi connectivity index (χ0n) is 12.9. The standard InChI is InChI=1S/C16H25N3O2/c1-3-21-15(20)13-8-6-10-18-14(13)19-16(11-17)9-5-4-7-12(16)2/h6,8,10,12H,3-5,7,9,11,17H2,1-2H3,(H,18,19). The summed E-state index contributed by atoms with van der Waals surface area (Å²) in [5, 5.41) is 3.46. The molecule has 0 amide bonds. The van der Waals surface area contributed by atoms with Crippen LogP contribution >= 0.6 is 0 Å². The molecule has 5 heteroatoms. The molecule has 1 aliphatic rings. The SMILES string of the molecule is CCOC(=O)c1cccnc1NC1(CN)CCCCC1C. The fraction of sp³-hybridized carbons (Fsp3) is 0.625. The summed E-state index contributed by atoms with van der Waals surface area (Å²) in [5.74, 6) is 0.687. The minimum atomic E-state index is -0.344. The minimum absolute atomic E-state index is 0.187.